The highest BCUT2D eigenvalue weighted by Gasteiger charge is 2.11. The van der Waals surface area contributed by atoms with E-state index in [1.807, 2.05) is 31.2 Å². The second-order valence-electron chi connectivity index (χ2n) is 3.07. The molecule has 0 fully saturated rings. The third-order valence-corrected chi connectivity index (χ3v) is 2.31. The molecule has 0 spiro atoms. The number of carbonyl (C=O) groups excluding carboxylic acids is 1. The molecule has 0 saturated carbocycles. The minimum absolute atomic E-state index is 0.0279. The lowest BCUT2D eigenvalue weighted by Gasteiger charge is -2.20. The number of amides is 1. The van der Waals surface area contributed by atoms with Crippen molar-refractivity contribution in [1.82, 2.24) is 0 Å². The molecule has 1 aromatic carbocycles. The molecule has 0 saturated heterocycles. The van der Waals surface area contributed by atoms with E-state index < -0.39 is 0 Å². The van der Waals surface area contributed by atoms with Gasteiger partial charge in [0.1, 0.15) is 0 Å². The van der Waals surface area contributed by atoms with Gasteiger partial charge in [-0.15, -0.1) is 0 Å². The van der Waals surface area contributed by atoms with Crippen molar-refractivity contribution in [2.45, 2.75) is 13.8 Å². The van der Waals surface area contributed by atoms with Gasteiger partial charge in [0.15, 0.2) is 0 Å². The summed E-state index contributed by atoms with van der Waals surface area (Å²) in [5.41, 5.74) is 1.56. The van der Waals surface area contributed by atoms with Crippen LogP contribution in [0.1, 0.15) is 13.8 Å². The first-order valence-electron chi connectivity index (χ1n) is 4.24. The Bertz CT molecular complexity index is 342. The highest BCUT2D eigenvalue weighted by molar-refractivity contribution is 9.10. The molecule has 0 bridgehead atoms. The number of halogens is 1. The summed E-state index contributed by atoms with van der Waals surface area (Å²) >= 11 is 3.34. The molecule has 0 aliphatic rings. The predicted octanol–water partition coefficient (Wildman–Crippen LogP) is 3.34. The van der Waals surface area contributed by atoms with Crippen LogP contribution in [0, 0.1) is 0 Å². The van der Waals surface area contributed by atoms with Gasteiger partial charge in [0.25, 0.3) is 0 Å². The summed E-state index contributed by atoms with van der Waals surface area (Å²) in [6.07, 6.45) is 0. The molecule has 0 aromatic heterocycles. The molecule has 0 heterocycles. The number of rotatable bonds is 2. The van der Waals surface area contributed by atoms with Gasteiger partial charge in [-0.3, -0.25) is 9.69 Å². The molecule has 1 rings (SSSR count). The molecular formula is C11H12BrNO. The van der Waals surface area contributed by atoms with E-state index in [-0.39, 0.29) is 5.91 Å². The monoisotopic (exact) mass is 253 g/mol. The first-order valence-corrected chi connectivity index (χ1v) is 5.03. The third-order valence-electron chi connectivity index (χ3n) is 1.78. The van der Waals surface area contributed by atoms with Gasteiger partial charge in [0, 0.05) is 22.8 Å². The Balaban J connectivity index is 3.06. The number of hydrogen-bond acceptors (Lipinski definition) is 1. The summed E-state index contributed by atoms with van der Waals surface area (Å²) in [5.74, 6) is -0.0279. The van der Waals surface area contributed by atoms with E-state index in [1.165, 1.54) is 6.92 Å². The number of benzene rings is 1. The molecule has 14 heavy (non-hydrogen) atoms. The quantitative estimate of drug-likeness (QED) is 0.792. The molecule has 0 N–H and O–H groups in total. The van der Waals surface area contributed by atoms with E-state index in [9.17, 15) is 4.79 Å². The lowest BCUT2D eigenvalue weighted by molar-refractivity contribution is -0.116. The maximum Gasteiger partial charge on any atom is 0.228 e. The lowest BCUT2D eigenvalue weighted by atomic mass is 10.2. The first-order chi connectivity index (χ1) is 6.52. The number of hydrogen-bond donors (Lipinski definition) is 0. The fourth-order valence-corrected chi connectivity index (χ4v) is 1.53. The molecule has 0 radical (unpaired) electrons. The van der Waals surface area contributed by atoms with Crippen LogP contribution in [0.15, 0.2) is 41.0 Å². The normalized spacial score (nSPS) is 9.64. The summed E-state index contributed by atoms with van der Waals surface area (Å²) < 4.78 is 0.992. The van der Waals surface area contributed by atoms with Crippen molar-refractivity contribution >= 4 is 27.5 Å². The molecule has 2 nitrogen and oxygen atoms in total. The van der Waals surface area contributed by atoms with Gasteiger partial charge < -0.3 is 0 Å². The Hall–Kier alpha value is -1.09. The molecule has 0 unspecified atom stereocenters. The van der Waals surface area contributed by atoms with Crippen LogP contribution in [0.3, 0.4) is 0 Å². The second kappa shape index (κ2) is 4.42. The Kier molecular flexibility index (Phi) is 3.47. The molecule has 74 valence electrons. The van der Waals surface area contributed by atoms with Gasteiger partial charge in [-0.05, 0) is 31.2 Å². The van der Waals surface area contributed by atoms with E-state index in [4.69, 9.17) is 0 Å². The highest BCUT2D eigenvalue weighted by atomic mass is 79.9. The Morgan fingerprint density at radius 2 is 1.79 bits per heavy atom. The van der Waals surface area contributed by atoms with Crippen LogP contribution in [0.2, 0.25) is 0 Å². The number of anilines is 1. The van der Waals surface area contributed by atoms with Crippen LogP contribution < -0.4 is 4.90 Å². The fraction of sp³-hybridized carbons (Fsp3) is 0.182. The maximum atomic E-state index is 11.3. The summed E-state index contributed by atoms with van der Waals surface area (Å²) in [6.45, 7) is 7.10. The van der Waals surface area contributed by atoms with E-state index in [1.54, 1.807) is 4.90 Å². The van der Waals surface area contributed by atoms with Crippen LogP contribution in [-0.4, -0.2) is 5.91 Å². The number of nitrogens with zero attached hydrogens (tertiary/aromatic N) is 1. The SMILES string of the molecule is C=C(C)N(C(C)=O)c1ccc(Br)cc1. The minimum Gasteiger partial charge on any atom is -0.286 e. The van der Waals surface area contributed by atoms with E-state index in [2.05, 4.69) is 22.5 Å². The molecule has 1 aromatic rings. The van der Waals surface area contributed by atoms with E-state index >= 15 is 0 Å². The van der Waals surface area contributed by atoms with Gasteiger partial charge in [0.05, 0.1) is 0 Å². The number of allylic oxidation sites excluding steroid dienone is 1. The molecule has 0 atom stereocenters. The third kappa shape index (κ3) is 2.45. The standard InChI is InChI=1S/C11H12BrNO/c1-8(2)13(9(3)14)11-6-4-10(12)5-7-11/h4-7H,1H2,2-3H3. The molecular weight excluding hydrogens is 242 g/mol. The van der Waals surface area contributed by atoms with Crippen LogP contribution in [-0.2, 0) is 4.79 Å². The smallest absolute Gasteiger partial charge is 0.228 e. The van der Waals surface area contributed by atoms with Crippen LogP contribution in [0.5, 0.6) is 0 Å². The van der Waals surface area contributed by atoms with Crippen molar-refractivity contribution in [3.05, 3.63) is 41.0 Å². The van der Waals surface area contributed by atoms with Crippen molar-refractivity contribution in [2.24, 2.45) is 0 Å². The van der Waals surface area contributed by atoms with Gasteiger partial charge in [-0.25, -0.2) is 0 Å². The van der Waals surface area contributed by atoms with Gasteiger partial charge in [0.2, 0.25) is 5.91 Å². The van der Waals surface area contributed by atoms with Crippen LogP contribution in [0.25, 0.3) is 0 Å². The largest absolute Gasteiger partial charge is 0.286 e. The summed E-state index contributed by atoms with van der Waals surface area (Å²) in [5, 5.41) is 0. The predicted molar refractivity (Wildman–Crippen MR) is 62.1 cm³/mol. The average molecular weight is 254 g/mol. The fourth-order valence-electron chi connectivity index (χ4n) is 1.26. The molecule has 1 amide bonds. The van der Waals surface area contributed by atoms with Crippen molar-refractivity contribution in [3.63, 3.8) is 0 Å². The van der Waals surface area contributed by atoms with Gasteiger partial charge in [-0.1, -0.05) is 22.5 Å². The minimum atomic E-state index is -0.0279. The lowest BCUT2D eigenvalue weighted by Crippen LogP contribution is -2.25. The maximum absolute atomic E-state index is 11.3. The van der Waals surface area contributed by atoms with Crippen LogP contribution in [0.4, 0.5) is 5.69 Å². The highest BCUT2D eigenvalue weighted by Crippen LogP contribution is 2.21. The average Bonchev–Trinajstić information content (AvgIpc) is 2.07. The van der Waals surface area contributed by atoms with Gasteiger partial charge in [-0.2, -0.15) is 0 Å². The Morgan fingerprint density at radius 1 is 1.29 bits per heavy atom. The van der Waals surface area contributed by atoms with Crippen molar-refractivity contribution in [2.75, 3.05) is 4.90 Å². The van der Waals surface area contributed by atoms with Gasteiger partial charge >= 0.3 is 0 Å². The molecule has 0 aliphatic heterocycles. The van der Waals surface area contributed by atoms with Crippen molar-refractivity contribution < 1.29 is 4.79 Å². The Morgan fingerprint density at radius 3 is 2.14 bits per heavy atom. The number of carbonyl (C=O) groups is 1. The first kappa shape index (κ1) is 11.0. The topological polar surface area (TPSA) is 20.3 Å². The van der Waals surface area contributed by atoms with Crippen LogP contribution >= 0.6 is 15.9 Å². The van der Waals surface area contributed by atoms with E-state index in [0.29, 0.717) is 0 Å². The summed E-state index contributed by atoms with van der Waals surface area (Å²) in [6, 6.07) is 7.54. The molecule has 0 aliphatic carbocycles. The van der Waals surface area contributed by atoms with Crippen molar-refractivity contribution in [1.29, 1.82) is 0 Å². The zero-order valence-electron chi connectivity index (χ0n) is 8.25. The zero-order valence-corrected chi connectivity index (χ0v) is 9.84. The molecule has 3 heteroatoms. The zero-order chi connectivity index (χ0) is 10.7. The second-order valence-corrected chi connectivity index (χ2v) is 3.98. The summed E-state index contributed by atoms with van der Waals surface area (Å²) in [7, 11) is 0. The van der Waals surface area contributed by atoms with E-state index in [0.717, 1.165) is 15.9 Å². The summed E-state index contributed by atoms with van der Waals surface area (Å²) in [4.78, 5) is 12.9. The van der Waals surface area contributed by atoms with Crippen molar-refractivity contribution in [3.8, 4) is 0 Å². The Labute approximate surface area is 92.4 Å².